The Morgan fingerprint density at radius 2 is 1.45 bits per heavy atom. The van der Waals surface area contributed by atoms with Crippen LogP contribution in [0.4, 0.5) is 0 Å². The minimum atomic E-state index is -1.11. The topological polar surface area (TPSA) is 129 Å². The Kier molecular flexibility index (Phi) is 4.58. The van der Waals surface area contributed by atoms with Crippen molar-refractivity contribution >= 4 is 11.9 Å². The van der Waals surface area contributed by atoms with Gasteiger partial charge in [0.25, 0.3) is 0 Å². The number of aromatic amines is 1. The Morgan fingerprint density at radius 3 is 2.03 bits per heavy atom. The van der Waals surface area contributed by atoms with Crippen LogP contribution < -0.4 is 0 Å². The van der Waals surface area contributed by atoms with Gasteiger partial charge in [0.05, 0.1) is 11.1 Å². The first kappa shape index (κ1) is 18.1. The number of benzene rings is 3. The molecule has 8 nitrogen and oxygen atoms in total. The van der Waals surface area contributed by atoms with Crippen molar-refractivity contribution in [2.75, 3.05) is 0 Å². The van der Waals surface area contributed by atoms with E-state index < -0.39 is 11.9 Å². The van der Waals surface area contributed by atoms with Gasteiger partial charge in [-0.15, -0.1) is 10.2 Å². The SMILES string of the molecule is O=C(O)c1ccc(-c2cc(-c3ccccc3)c(C(=O)O)c(-c3nn[nH]n3)c2)cc1. The number of nitrogens with one attached hydrogen (secondary N) is 1. The highest BCUT2D eigenvalue weighted by Gasteiger charge is 2.22. The largest absolute Gasteiger partial charge is 0.478 e. The highest BCUT2D eigenvalue weighted by molar-refractivity contribution is 6.04. The van der Waals surface area contributed by atoms with E-state index in [1.54, 1.807) is 24.3 Å². The van der Waals surface area contributed by atoms with E-state index in [9.17, 15) is 14.7 Å². The third kappa shape index (κ3) is 3.46. The summed E-state index contributed by atoms with van der Waals surface area (Å²) in [6, 6.07) is 18.9. The molecule has 0 aliphatic carbocycles. The Labute approximate surface area is 164 Å². The molecule has 0 saturated heterocycles. The number of aromatic nitrogens is 4. The number of carboxylic acids is 2. The molecule has 0 amide bonds. The molecular formula is C21H14N4O4. The van der Waals surface area contributed by atoms with Gasteiger partial charge in [-0.25, -0.2) is 9.59 Å². The van der Waals surface area contributed by atoms with Gasteiger partial charge in [-0.2, -0.15) is 5.21 Å². The number of carboxylic acid groups (broad SMARTS) is 2. The molecule has 4 rings (SSSR count). The molecule has 29 heavy (non-hydrogen) atoms. The van der Waals surface area contributed by atoms with Crippen molar-refractivity contribution in [3.8, 4) is 33.6 Å². The van der Waals surface area contributed by atoms with E-state index in [1.807, 2.05) is 30.3 Å². The van der Waals surface area contributed by atoms with Crippen molar-refractivity contribution in [1.29, 1.82) is 0 Å². The molecule has 4 aromatic rings. The molecule has 0 saturated carbocycles. The number of rotatable bonds is 5. The Morgan fingerprint density at radius 1 is 0.759 bits per heavy atom. The summed E-state index contributed by atoms with van der Waals surface area (Å²) in [5.41, 5.74) is 3.18. The summed E-state index contributed by atoms with van der Waals surface area (Å²) in [5, 5.41) is 32.8. The van der Waals surface area contributed by atoms with Gasteiger partial charge in [0.1, 0.15) is 0 Å². The fraction of sp³-hybridized carbons (Fsp3) is 0. The molecule has 3 N–H and O–H groups in total. The predicted molar refractivity (Wildman–Crippen MR) is 104 cm³/mol. The van der Waals surface area contributed by atoms with Gasteiger partial charge in [0.15, 0.2) is 0 Å². The fourth-order valence-corrected chi connectivity index (χ4v) is 3.14. The molecule has 1 heterocycles. The smallest absolute Gasteiger partial charge is 0.337 e. The van der Waals surface area contributed by atoms with Gasteiger partial charge >= 0.3 is 11.9 Å². The van der Waals surface area contributed by atoms with E-state index in [2.05, 4.69) is 20.6 Å². The number of hydrogen-bond donors (Lipinski definition) is 3. The van der Waals surface area contributed by atoms with Gasteiger partial charge in [0, 0.05) is 5.56 Å². The molecule has 142 valence electrons. The van der Waals surface area contributed by atoms with E-state index in [-0.39, 0.29) is 17.0 Å². The maximum absolute atomic E-state index is 12.1. The van der Waals surface area contributed by atoms with Crippen LogP contribution in [0.25, 0.3) is 33.6 Å². The second-order valence-corrected chi connectivity index (χ2v) is 6.24. The summed E-state index contributed by atoms with van der Waals surface area (Å²) in [4.78, 5) is 23.3. The number of carbonyl (C=O) groups is 2. The summed E-state index contributed by atoms with van der Waals surface area (Å²) >= 11 is 0. The maximum Gasteiger partial charge on any atom is 0.337 e. The number of nitrogens with zero attached hydrogens (tertiary/aromatic N) is 3. The quantitative estimate of drug-likeness (QED) is 0.478. The lowest BCUT2D eigenvalue weighted by molar-refractivity contribution is 0.0686. The zero-order valence-corrected chi connectivity index (χ0v) is 14.9. The van der Waals surface area contributed by atoms with Crippen LogP contribution in [0.15, 0.2) is 66.7 Å². The van der Waals surface area contributed by atoms with Crippen molar-refractivity contribution < 1.29 is 19.8 Å². The second kappa shape index (κ2) is 7.35. The first-order valence-electron chi connectivity index (χ1n) is 8.59. The van der Waals surface area contributed by atoms with Gasteiger partial charge < -0.3 is 10.2 Å². The Bertz CT molecular complexity index is 1190. The zero-order valence-electron chi connectivity index (χ0n) is 14.9. The van der Waals surface area contributed by atoms with Crippen molar-refractivity contribution in [3.05, 3.63) is 77.9 Å². The van der Waals surface area contributed by atoms with E-state index in [1.165, 1.54) is 12.1 Å². The van der Waals surface area contributed by atoms with Crippen molar-refractivity contribution in [2.24, 2.45) is 0 Å². The van der Waals surface area contributed by atoms with Crippen LogP contribution in [0.3, 0.4) is 0 Å². The van der Waals surface area contributed by atoms with Crippen LogP contribution in [0.5, 0.6) is 0 Å². The number of hydrogen-bond acceptors (Lipinski definition) is 5. The van der Waals surface area contributed by atoms with E-state index >= 15 is 0 Å². The molecule has 0 spiro atoms. The van der Waals surface area contributed by atoms with Crippen molar-refractivity contribution in [2.45, 2.75) is 0 Å². The second-order valence-electron chi connectivity index (χ2n) is 6.24. The molecule has 0 aliphatic heterocycles. The third-order valence-corrected chi connectivity index (χ3v) is 4.49. The highest BCUT2D eigenvalue weighted by atomic mass is 16.4. The molecule has 1 aromatic heterocycles. The lowest BCUT2D eigenvalue weighted by Gasteiger charge is -2.14. The molecule has 0 fully saturated rings. The van der Waals surface area contributed by atoms with Crippen molar-refractivity contribution in [3.63, 3.8) is 0 Å². The number of tetrazole rings is 1. The summed E-state index contributed by atoms with van der Waals surface area (Å²) in [7, 11) is 0. The minimum Gasteiger partial charge on any atom is -0.478 e. The molecule has 3 aromatic carbocycles. The van der Waals surface area contributed by atoms with Gasteiger partial charge in [0.2, 0.25) is 5.82 Å². The van der Waals surface area contributed by atoms with Crippen LogP contribution in [0.1, 0.15) is 20.7 Å². The van der Waals surface area contributed by atoms with Crippen LogP contribution in [0.2, 0.25) is 0 Å². The van der Waals surface area contributed by atoms with Gasteiger partial charge in [-0.05, 0) is 51.7 Å². The first-order valence-corrected chi connectivity index (χ1v) is 8.59. The van der Waals surface area contributed by atoms with Gasteiger partial charge in [-0.1, -0.05) is 42.5 Å². The van der Waals surface area contributed by atoms with E-state index in [0.717, 1.165) is 11.1 Å². The summed E-state index contributed by atoms with van der Waals surface area (Å²) in [6.07, 6.45) is 0. The van der Waals surface area contributed by atoms with E-state index in [0.29, 0.717) is 16.7 Å². The van der Waals surface area contributed by atoms with Crippen LogP contribution in [-0.4, -0.2) is 42.8 Å². The van der Waals surface area contributed by atoms with Crippen LogP contribution in [-0.2, 0) is 0 Å². The average Bonchev–Trinajstić information content (AvgIpc) is 3.28. The molecule has 8 heteroatoms. The normalized spacial score (nSPS) is 10.6. The predicted octanol–water partition coefficient (Wildman–Crippen LogP) is 3.60. The monoisotopic (exact) mass is 386 g/mol. The van der Waals surface area contributed by atoms with Crippen LogP contribution >= 0.6 is 0 Å². The highest BCUT2D eigenvalue weighted by Crippen LogP contribution is 2.36. The number of aromatic carboxylic acids is 2. The lowest BCUT2D eigenvalue weighted by Crippen LogP contribution is -2.04. The Balaban J connectivity index is 1.99. The average molecular weight is 386 g/mol. The van der Waals surface area contributed by atoms with E-state index in [4.69, 9.17) is 5.11 Å². The minimum absolute atomic E-state index is 0.0588. The Hall–Kier alpha value is -4.33. The zero-order chi connectivity index (χ0) is 20.4. The molecular weight excluding hydrogens is 372 g/mol. The van der Waals surface area contributed by atoms with Crippen molar-refractivity contribution in [1.82, 2.24) is 20.6 Å². The van der Waals surface area contributed by atoms with Gasteiger partial charge in [-0.3, -0.25) is 0 Å². The molecule has 0 aliphatic rings. The molecule has 0 atom stereocenters. The number of H-pyrrole nitrogens is 1. The fourth-order valence-electron chi connectivity index (χ4n) is 3.14. The standard InChI is InChI=1S/C21H14N4O4/c26-20(27)14-8-6-12(7-9-14)15-10-16(13-4-2-1-3-5-13)18(21(28)29)17(11-15)19-22-24-25-23-19/h1-11H,(H,26,27)(H,28,29)(H,22,23,24,25). The molecule has 0 unspecified atom stereocenters. The molecule has 0 radical (unpaired) electrons. The summed E-state index contributed by atoms with van der Waals surface area (Å²) in [6.45, 7) is 0. The van der Waals surface area contributed by atoms with Crippen LogP contribution in [0, 0.1) is 0 Å². The first-order chi connectivity index (χ1) is 14.0. The maximum atomic E-state index is 12.1. The molecule has 0 bridgehead atoms. The summed E-state index contributed by atoms with van der Waals surface area (Å²) in [5.74, 6) is -1.98. The third-order valence-electron chi connectivity index (χ3n) is 4.49. The lowest BCUT2D eigenvalue weighted by atomic mass is 9.90. The summed E-state index contributed by atoms with van der Waals surface area (Å²) < 4.78 is 0.